The number of ether oxygens (including phenoxy) is 1. The Morgan fingerprint density at radius 3 is 2.52 bits per heavy atom. The normalized spacial score (nSPS) is 12.6. The second-order valence-electron chi connectivity index (χ2n) is 5.90. The van der Waals surface area contributed by atoms with Crippen molar-refractivity contribution < 1.29 is 14.3 Å². The van der Waals surface area contributed by atoms with Crippen molar-refractivity contribution in [1.82, 2.24) is 15.6 Å². The number of aromatic amines is 1. The van der Waals surface area contributed by atoms with Gasteiger partial charge in [0.15, 0.2) is 0 Å². The van der Waals surface area contributed by atoms with E-state index in [1.807, 2.05) is 19.2 Å². The number of amides is 2. The minimum Gasteiger partial charge on any atom is -0.444 e. The van der Waals surface area contributed by atoms with Crippen molar-refractivity contribution in [3.05, 3.63) is 23.5 Å². The number of likely N-dealkylation sites (N-methyl/N-ethyl adjacent to an activating group) is 1. The van der Waals surface area contributed by atoms with Crippen LogP contribution in [0.15, 0.2) is 12.3 Å². The van der Waals surface area contributed by atoms with Crippen molar-refractivity contribution >= 4 is 12.0 Å². The second-order valence-corrected chi connectivity index (χ2v) is 5.90. The van der Waals surface area contributed by atoms with E-state index < -0.39 is 17.7 Å². The van der Waals surface area contributed by atoms with Gasteiger partial charge in [-0.25, -0.2) is 4.79 Å². The van der Waals surface area contributed by atoms with E-state index in [1.165, 1.54) is 0 Å². The Labute approximate surface area is 125 Å². The summed E-state index contributed by atoms with van der Waals surface area (Å²) in [6.07, 6.45) is 2.56. The summed E-state index contributed by atoms with van der Waals surface area (Å²) < 4.78 is 5.19. The Hall–Kier alpha value is -1.98. The molecule has 1 heterocycles. The number of alkyl carbamates (subject to hydrolysis) is 1. The molecule has 21 heavy (non-hydrogen) atoms. The van der Waals surface area contributed by atoms with Crippen LogP contribution in [-0.2, 0) is 22.4 Å². The molecule has 0 spiro atoms. The summed E-state index contributed by atoms with van der Waals surface area (Å²) in [5.41, 5.74) is 1.47. The number of carbonyl (C=O) groups is 2. The smallest absolute Gasteiger partial charge is 0.408 e. The zero-order valence-electron chi connectivity index (χ0n) is 13.4. The van der Waals surface area contributed by atoms with Crippen LogP contribution >= 0.6 is 0 Å². The molecule has 1 rings (SSSR count). The number of hydrogen-bond acceptors (Lipinski definition) is 3. The molecule has 0 aliphatic carbocycles. The Bertz CT molecular complexity index is 489. The fourth-order valence-electron chi connectivity index (χ4n) is 1.88. The molecule has 0 fully saturated rings. The molecule has 0 aliphatic rings. The van der Waals surface area contributed by atoms with Crippen LogP contribution in [0.2, 0.25) is 0 Å². The molecule has 1 unspecified atom stereocenters. The molecule has 0 bridgehead atoms. The van der Waals surface area contributed by atoms with Crippen molar-refractivity contribution in [3.63, 3.8) is 0 Å². The Morgan fingerprint density at radius 2 is 2.05 bits per heavy atom. The van der Waals surface area contributed by atoms with Gasteiger partial charge < -0.3 is 20.4 Å². The molecule has 1 aromatic heterocycles. The molecule has 0 aliphatic heterocycles. The monoisotopic (exact) mass is 295 g/mol. The van der Waals surface area contributed by atoms with Gasteiger partial charge in [-0.1, -0.05) is 6.92 Å². The highest BCUT2D eigenvalue weighted by Crippen LogP contribution is 2.10. The van der Waals surface area contributed by atoms with Crippen molar-refractivity contribution in [3.8, 4) is 0 Å². The molecule has 1 aromatic rings. The number of hydrogen-bond donors (Lipinski definition) is 3. The number of aromatic nitrogens is 1. The highest BCUT2D eigenvalue weighted by atomic mass is 16.6. The summed E-state index contributed by atoms with van der Waals surface area (Å²) in [6, 6.07) is 1.33. The highest BCUT2D eigenvalue weighted by Gasteiger charge is 2.24. The summed E-state index contributed by atoms with van der Waals surface area (Å²) in [5, 5.41) is 5.17. The molecule has 118 valence electrons. The van der Waals surface area contributed by atoms with E-state index in [0.29, 0.717) is 6.42 Å². The molecule has 1 atom stereocenters. The lowest BCUT2D eigenvalue weighted by Gasteiger charge is -2.22. The molecular weight excluding hydrogens is 270 g/mol. The first kappa shape index (κ1) is 17.1. The topological polar surface area (TPSA) is 83.2 Å². The minimum atomic E-state index is -0.662. The van der Waals surface area contributed by atoms with Gasteiger partial charge in [-0.05, 0) is 38.8 Å². The van der Waals surface area contributed by atoms with Crippen LogP contribution in [0.3, 0.4) is 0 Å². The van der Waals surface area contributed by atoms with Gasteiger partial charge in [0.2, 0.25) is 5.91 Å². The lowest BCUT2D eigenvalue weighted by Crippen LogP contribution is -2.48. The number of nitrogens with one attached hydrogen (secondary N) is 3. The van der Waals surface area contributed by atoms with Gasteiger partial charge >= 0.3 is 6.09 Å². The number of carbonyl (C=O) groups excluding carboxylic acids is 2. The van der Waals surface area contributed by atoms with Gasteiger partial charge in [-0.3, -0.25) is 4.79 Å². The van der Waals surface area contributed by atoms with E-state index in [-0.39, 0.29) is 5.91 Å². The molecule has 0 aromatic carbocycles. The van der Waals surface area contributed by atoms with Crippen LogP contribution in [0.25, 0.3) is 0 Å². The molecule has 2 amide bonds. The maximum atomic E-state index is 11.9. The summed E-state index contributed by atoms with van der Waals surface area (Å²) in [7, 11) is 1.54. The van der Waals surface area contributed by atoms with E-state index in [2.05, 4.69) is 15.6 Å². The quantitative estimate of drug-likeness (QED) is 0.774. The highest BCUT2D eigenvalue weighted by molar-refractivity contribution is 5.85. The Balaban J connectivity index is 2.72. The van der Waals surface area contributed by atoms with E-state index in [9.17, 15) is 9.59 Å². The largest absolute Gasteiger partial charge is 0.444 e. The summed E-state index contributed by atoms with van der Waals surface area (Å²) in [4.78, 5) is 26.9. The number of H-pyrrole nitrogens is 1. The van der Waals surface area contributed by atoms with Crippen molar-refractivity contribution in [2.75, 3.05) is 7.05 Å². The zero-order chi connectivity index (χ0) is 16.0. The molecule has 0 radical (unpaired) electrons. The van der Waals surface area contributed by atoms with Gasteiger partial charge in [-0.15, -0.1) is 0 Å². The van der Waals surface area contributed by atoms with Crippen molar-refractivity contribution in [2.24, 2.45) is 0 Å². The first-order valence-corrected chi connectivity index (χ1v) is 7.12. The molecule has 6 nitrogen and oxygen atoms in total. The zero-order valence-corrected chi connectivity index (χ0v) is 13.4. The van der Waals surface area contributed by atoms with Crippen LogP contribution in [0.5, 0.6) is 0 Å². The average molecular weight is 295 g/mol. The van der Waals surface area contributed by atoms with E-state index >= 15 is 0 Å². The van der Waals surface area contributed by atoms with Crippen LogP contribution < -0.4 is 10.6 Å². The van der Waals surface area contributed by atoms with Crippen LogP contribution in [0.4, 0.5) is 4.79 Å². The summed E-state index contributed by atoms with van der Waals surface area (Å²) in [6.45, 7) is 7.38. The summed E-state index contributed by atoms with van der Waals surface area (Å²) >= 11 is 0. The van der Waals surface area contributed by atoms with Gasteiger partial charge in [0.05, 0.1) is 0 Å². The van der Waals surface area contributed by atoms with Crippen LogP contribution in [0, 0.1) is 0 Å². The molecule has 6 heteroatoms. The van der Waals surface area contributed by atoms with Crippen molar-refractivity contribution in [1.29, 1.82) is 0 Å². The maximum absolute atomic E-state index is 11.9. The Kier molecular flexibility index (Phi) is 5.81. The van der Waals surface area contributed by atoms with E-state index in [4.69, 9.17) is 4.74 Å². The first-order chi connectivity index (χ1) is 9.75. The predicted molar refractivity (Wildman–Crippen MR) is 81.1 cm³/mol. The Morgan fingerprint density at radius 1 is 1.38 bits per heavy atom. The number of rotatable bonds is 5. The third-order valence-corrected chi connectivity index (χ3v) is 2.88. The van der Waals surface area contributed by atoms with Crippen LogP contribution in [0.1, 0.15) is 39.0 Å². The van der Waals surface area contributed by atoms with Gasteiger partial charge in [0, 0.05) is 25.4 Å². The second kappa shape index (κ2) is 7.15. The van der Waals surface area contributed by atoms with E-state index in [1.54, 1.807) is 27.8 Å². The van der Waals surface area contributed by atoms with Gasteiger partial charge in [-0.2, -0.15) is 0 Å². The van der Waals surface area contributed by atoms with E-state index in [0.717, 1.165) is 17.7 Å². The third-order valence-electron chi connectivity index (χ3n) is 2.88. The van der Waals surface area contributed by atoms with Crippen LogP contribution in [-0.4, -0.2) is 35.7 Å². The predicted octanol–water partition coefficient (Wildman–Crippen LogP) is 1.76. The van der Waals surface area contributed by atoms with Crippen molar-refractivity contribution in [2.45, 2.75) is 52.2 Å². The lowest BCUT2D eigenvalue weighted by molar-refractivity contribution is -0.122. The van der Waals surface area contributed by atoms with Gasteiger partial charge in [0.25, 0.3) is 0 Å². The average Bonchev–Trinajstić information content (AvgIpc) is 2.82. The maximum Gasteiger partial charge on any atom is 0.408 e. The lowest BCUT2D eigenvalue weighted by atomic mass is 10.1. The van der Waals surface area contributed by atoms with Gasteiger partial charge in [0.1, 0.15) is 11.6 Å². The molecule has 0 saturated heterocycles. The fourth-order valence-corrected chi connectivity index (χ4v) is 1.88. The summed E-state index contributed by atoms with van der Waals surface area (Å²) in [5.74, 6) is -0.250. The molecule has 3 N–H and O–H groups in total. The fraction of sp³-hybridized carbons (Fsp3) is 0.600. The SMILES string of the molecule is CCc1cc(CC(NC(=O)OC(C)(C)C)C(=O)NC)c[nH]1. The number of aryl methyl sites for hydroxylation is 1. The molecular formula is C15H25N3O3. The first-order valence-electron chi connectivity index (χ1n) is 7.12. The minimum absolute atomic E-state index is 0.250. The third kappa shape index (κ3) is 5.89. The standard InChI is InChI=1S/C15H25N3O3/c1-6-11-7-10(9-17-11)8-12(13(19)16-5)18-14(20)21-15(2,3)4/h7,9,12,17H,6,8H2,1-5H3,(H,16,19)(H,18,20). The molecule has 0 saturated carbocycles.